The summed E-state index contributed by atoms with van der Waals surface area (Å²) in [7, 11) is 2.86. The maximum absolute atomic E-state index is 11.9. The molecule has 0 saturated carbocycles. The fourth-order valence-electron chi connectivity index (χ4n) is 1.24. The standard InChI is InChI=1S/C12H17NO4S/c1-12(2,3)17-11(15)13(4)9-7-18-6-8(9)10(14)16-5/h6-7H,1-5H3. The molecule has 6 heteroatoms. The quantitative estimate of drug-likeness (QED) is 0.776. The third kappa shape index (κ3) is 3.46. The Bertz CT molecular complexity index is 447. The summed E-state index contributed by atoms with van der Waals surface area (Å²) < 4.78 is 9.89. The minimum absolute atomic E-state index is 0.357. The Labute approximate surface area is 110 Å². The van der Waals surface area contributed by atoms with Crippen molar-refractivity contribution in [2.24, 2.45) is 0 Å². The highest BCUT2D eigenvalue weighted by atomic mass is 32.1. The monoisotopic (exact) mass is 271 g/mol. The Hall–Kier alpha value is -1.56. The van der Waals surface area contributed by atoms with E-state index in [4.69, 9.17) is 4.74 Å². The van der Waals surface area contributed by atoms with Gasteiger partial charge in [-0.25, -0.2) is 9.59 Å². The van der Waals surface area contributed by atoms with Crippen LogP contribution in [0.2, 0.25) is 0 Å². The summed E-state index contributed by atoms with van der Waals surface area (Å²) >= 11 is 1.32. The normalized spacial score (nSPS) is 10.9. The maximum atomic E-state index is 11.9. The molecule has 0 aromatic carbocycles. The van der Waals surface area contributed by atoms with Crippen molar-refractivity contribution in [3.05, 3.63) is 16.3 Å². The van der Waals surface area contributed by atoms with Gasteiger partial charge in [0.15, 0.2) is 0 Å². The van der Waals surface area contributed by atoms with Gasteiger partial charge < -0.3 is 9.47 Å². The number of thiophene rings is 1. The van der Waals surface area contributed by atoms with Crippen LogP contribution < -0.4 is 4.90 Å². The lowest BCUT2D eigenvalue weighted by Crippen LogP contribution is -2.34. The smallest absolute Gasteiger partial charge is 0.414 e. The second-order valence-electron chi connectivity index (χ2n) is 4.70. The molecule has 0 fully saturated rings. The number of hydrogen-bond donors (Lipinski definition) is 0. The Morgan fingerprint density at radius 2 is 1.89 bits per heavy atom. The first-order valence-electron chi connectivity index (χ1n) is 5.37. The van der Waals surface area contributed by atoms with E-state index in [-0.39, 0.29) is 0 Å². The van der Waals surface area contributed by atoms with Gasteiger partial charge in [0.1, 0.15) is 5.60 Å². The third-order valence-electron chi connectivity index (χ3n) is 2.08. The minimum Gasteiger partial charge on any atom is -0.465 e. The molecular formula is C12H17NO4S. The number of nitrogens with zero attached hydrogens (tertiary/aromatic N) is 1. The highest BCUT2D eigenvalue weighted by molar-refractivity contribution is 7.08. The number of anilines is 1. The zero-order chi connectivity index (χ0) is 13.9. The van der Waals surface area contributed by atoms with Crippen LogP contribution in [-0.4, -0.2) is 31.8 Å². The summed E-state index contributed by atoms with van der Waals surface area (Å²) in [5.41, 5.74) is 0.268. The predicted octanol–water partition coefficient (Wildman–Crippen LogP) is 2.91. The van der Waals surface area contributed by atoms with Crippen LogP contribution in [0.25, 0.3) is 0 Å². The second-order valence-corrected chi connectivity index (χ2v) is 5.45. The molecule has 0 N–H and O–H groups in total. The molecule has 100 valence electrons. The first-order valence-corrected chi connectivity index (χ1v) is 6.31. The summed E-state index contributed by atoms with van der Waals surface area (Å²) in [5.74, 6) is -0.471. The van der Waals surface area contributed by atoms with E-state index in [9.17, 15) is 9.59 Å². The largest absolute Gasteiger partial charge is 0.465 e. The number of methoxy groups -OCH3 is 1. The fraction of sp³-hybridized carbons (Fsp3) is 0.500. The molecule has 0 radical (unpaired) electrons. The molecule has 1 rings (SSSR count). The summed E-state index contributed by atoms with van der Waals surface area (Å²) in [6.45, 7) is 5.36. The molecule has 1 amide bonds. The molecule has 1 aromatic rings. The van der Waals surface area contributed by atoms with Crippen molar-refractivity contribution in [2.75, 3.05) is 19.1 Å². The van der Waals surface area contributed by atoms with E-state index < -0.39 is 17.7 Å². The number of carbonyl (C=O) groups is 2. The topological polar surface area (TPSA) is 55.8 Å². The number of rotatable bonds is 2. The van der Waals surface area contributed by atoms with E-state index >= 15 is 0 Å². The Morgan fingerprint density at radius 3 is 2.39 bits per heavy atom. The van der Waals surface area contributed by atoms with E-state index in [1.54, 1.807) is 38.6 Å². The van der Waals surface area contributed by atoms with Crippen molar-refractivity contribution >= 4 is 29.1 Å². The van der Waals surface area contributed by atoms with Crippen molar-refractivity contribution < 1.29 is 19.1 Å². The van der Waals surface area contributed by atoms with Crippen LogP contribution in [-0.2, 0) is 9.47 Å². The summed E-state index contributed by atoms with van der Waals surface area (Å²) in [6.07, 6.45) is -0.508. The molecule has 1 heterocycles. The molecule has 5 nitrogen and oxygen atoms in total. The lowest BCUT2D eigenvalue weighted by Gasteiger charge is -2.24. The van der Waals surface area contributed by atoms with Gasteiger partial charge in [-0.3, -0.25) is 4.90 Å². The SMILES string of the molecule is COC(=O)c1cscc1N(C)C(=O)OC(C)(C)C. The van der Waals surface area contributed by atoms with Crippen LogP contribution in [0.5, 0.6) is 0 Å². The fourth-order valence-corrected chi connectivity index (χ4v) is 2.08. The minimum atomic E-state index is -0.577. The van der Waals surface area contributed by atoms with Crippen molar-refractivity contribution in [2.45, 2.75) is 26.4 Å². The van der Waals surface area contributed by atoms with Crippen molar-refractivity contribution in [1.29, 1.82) is 0 Å². The van der Waals surface area contributed by atoms with Crippen LogP contribution >= 0.6 is 11.3 Å². The number of carbonyl (C=O) groups excluding carboxylic acids is 2. The average Bonchev–Trinajstić information content (AvgIpc) is 2.73. The first-order chi connectivity index (χ1) is 8.26. The summed E-state index contributed by atoms with van der Waals surface area (Å²) in [6, 6.07) is 0. The molecule has 0 spiro atoms. The van der Waals surface area contributed by atoms with Gasteiger partial charge in [0.2, 0.25) is 0 Å². The first kappa shape index (κ1) is 14.5. The van der Waals surface area contributed by atoms with E-state index in [1.807, 2.05) is 0 Å². The lowest BCUT2D eigenvalue weighted by molar-refractivity contribution is 0.0587. The molecule has 18 heavy (non-hydrogen) atoms. The van der Waals surface area contributed by atoms with E-state index in [0.29, 0.717) is 11.3 Å². The van der Waals surface area contributed by atoms with E-state index in [1.165, 1.54) is 23.3 Å². The van der Waals surface area contributed by atoms with E-state index in [0.717, 1.165) is 0 Å². The number of hydrogen-bond acceptors (Lipinski definition) is 5. The zero-order valence-corrected chi connectivity index (χ0v) is 12.0. The van der Waals surface area contributed by atoms with Crippen LogP contribution in [0.15, 0.2) is 10.8 Å². The average molecular weight is 271 g/mol. The maximum Gasteiger partial charge on any atom is 0.414 e. The van der Waals surface area contributed by atoms with Crippen LogP contribution in [0.3, 0.4) is 0 Å². The van der Waals surface area contributed by atoms with Gasteiger partial charge in [-0.2, -0.15) is 0 Å². The van der Waals surface area contributed by atoms with Gasteiger partial charge in [-0.05, 0) is 20.8 Å². The van der Waals surface area contributed by atoms with Crippen molar-refractivity contribution in [3.8, 4) is 0 Å². The second kappa shape index (κ2) is 5.39. The summed E-state index contributed by atoms with van der Waals surface area (Å²) in [5, 5.41) is 3.35. The number of esters is 1. The van der Waals surface area contributed by atoms with Gasteiger partial charge in [-0.1, -0.05) is 0 Å². The molecule has 0 saturated heterocycles. The van der Waals surface area contributed by atoms with Crippen molar-refractivity contribution in [3.63, 3.8) is 0 Å². The molecule has 0 atom stereocenters. The van der Waals surface area contributed by atoms with Crippen LogP contribution in [0.1, 0.15) is 31.1 Å². The zero-order valence-electron chi connectivity index (χ0n) is 11.1. The van der Waals surface area contributed by atoms with Gasteiger partial charge in [0, 0.05) is 17.8 Å². The highest BCUT2D eigenvalue weighted by Crippen LogP contribution is 2.26. The molecule has 0 unspecified atom stereocenters. The molecule has 0 aliphatic rings. The van der Waals surface area contributed by atoms with E-state index in [2.05, 4.69) is 4.74 Å². The van der Waals surface area contributed by atoms with Crippen LogP contribution in [0, 0.1) is 0 Å². The van der Waals surface area contributed by atoms with Crippen LogP contribution in [0.4, 0.5) is 10.5 Å². The molecule has 0 aliphatic carbocycles. The Balaban J connectivity index is 2.91. The third-order valence-corrected chi connectivity index (χ3v) is 2.81. The number of ether oxygens (including phenoxy) is 2. The van der Waals surface area contributed by atoms with Crippen molar-refractivity contribution in [1.82, 2.24) is 0 Å². The highest BCUT2D eigenvalue weighted by Gasteiger charge is 2.24. The number of amides is 1. The molecule has 1 aromatic heterocycles. The Kier molecular flexibility index (Phi) is 4.34. The predicted molar refractivity (Wildman–Crippen MR) is 70.3 cm³/mol. The lowest BCUT2D eigenvalue weighted by atomic mass is 10.2. The van der Waals surface area contributed by atoms with Gasteiger partial charge in [0.05, 0.1) is 18.4 Å². The Morgan fingerprint density at radius 1 is 1.28 bits per heavy atom. The molecule has 0 bridgehead atoms. The van der Waals surface area contributed by atoms with Gasteiger partial charge in [0.25, 0.3) is 0 Å². The molecule has 0 aliphatic heterocycles. The molecular weight excluding hydrogens is 254 g/mol. The van der Waals surface area contributed by atoms with Gasteiger partial charge >= 0.3 is 12.1 Å². The summed E-state index contributed by atoms with van der Waals surface area (Å²) in [4.78, 5) is 24.7. The van der Waals surface area contributed by atoms with Gasteiger partial charge in [-0.15, -0.1) is 11.3 Å².